The SMILES string of the molecule is N#Cc1ccc(-n2nc(-c3ccsc3)c3c2NCC3)cc1. The van der Waals surface area contributed by atoms with Crippen LogP contribution < -0.4 is 5.32 Å². The fourth-order valence-corrected chi connectivity index (χ4v) is 3.31. The van der Waals surface area contributed by atoms with Crippen molar-refractivity contribution in [3.8, 4) is 23.0 Å². The van der Waals surface area contributed by atoms with E-state index in [4.69, 9.17) is 10.4 Å². The number of nitrogens with one attached hydrogen (secondary N) is 1. The standard InChI is InChI=1S/C16H12N4S/c17-9-11-1-3-13(4-2-11)20-16-14(5-7-18-16)15(19-20)12-6-8-21-10-12/h1-4,6,8,10,18H,5,7H2. The molecule has 0 atom stereocenters. The molecule has 0 amide bonds. The molecule has 0 radical (unpaired) electrons. The third-order valence-corrected chi connectivity index (χ3v) is 4.37. The van der Waals surface area contributed by atoms with E-state index in [0.29, 0.717) is 5.56 Å². The van der Waals surface area contributed by atoms with Crippen molar-refractivity contribution < 1.29 is 0 Å². The average Bonchev–Trinajstić information content (AvgIpc) is 3.24. The van der Waals surface area contributed by atoms with E-state index in [2.05, 4.69) is 28.2 Å². The summed E-state index contributed by atoms with van der Waals surface area (Å²) in [4.78, 5) is 0. The first-order chi connectivity index (χ1) is 10.4. The quantitative estimate of drug-likeness (QED) is 0.787. The van der Waals surface area contributed by atoms with Crippen LogP contribution in [0.15, 0.2) is 41.1 Å². The summed E-state index contributed by atoms with van der Waals surface area (Å²) in [5, 5.41) is 21.3. The van der Waals surface area contributed by atoms with Gasteiger partial charge in [0.25, 0.3) is 0 Å². The number of benzene rings is 1. The average molecular weight is 292 g/mol. The highest BCUT2D eigenvalue weighted by Crippen LogP contribution is 2.35. The molecule has 1 aromatic carbocycles. The van der Waals surface area contributed by atoms with Crippen molar-refractivity contribution in [2.45, 2.75) is 6.42 Å². The van der Waals surface area contributed by atoms with Crippen LogP contribution in [-0.4, -0.2) is 16.3 Å². The smallest absolute Gasteiger partial charge is 0.133 e. The van der Waals surface area contributed by atoms with Gasteiger partial charge in [-0.3, -0.25) is 0 Å². The predicted octanol–water partition coefficient (Wildman–Crippen LogP) is 3.44. The molecule has 5 heteroatoms. The van der Waals surface area contributed by atoms with Crippen LogP contribution in [0.1, 0.15) is 11.1 Å². The highest BCUT2D eigenvalue weighted by molar-refractivity contribution is 7.08. The number of anilines is 1. The minimum absolute atomic E-state index is 0.661. The second kappa shape index (κ2) is 4.76. The van der Waals surface area contributed by atoms with Gasteiger partial charge < -0.3 is 5.32 Å². The summed E-state index contributed by atoms with van der Waals surface area (Å²) >= 11 is 1.68. The number of fused-ring (bicyclic) bond motifs is 1. The highest BCUT2D eigenvalue weighted by atomic mass is 32.1. The van der Waals surface area contributed by atoms with E-state index < -0.39 is 0 Å². The molecule has 0 saturated heterocycles. The Balaban J connectivity index is 1.86. The molecule has 0 saturated carbocycles. The molecule has 21 heavy (non-hydrogen) atoms. The molecule has 1 N–H and O–H groups in total. The lowest BCUT2D eigenvalue weighted by Crippen LogP contribution is -2.04. The Hall–Kier alpha value is -2.58. The third-order valence-electron chi connectivity index (χ3n) is 3.69. The van der Waals surface area contributed by atoms with Crippen molar-refractivity contribution in [2.24, 2.45) is 0 Å². The number of aromatic nitrogens is 2. The van der Waals surface area contributed by atoms with Gasteiger partial charge in [-0.25, -0.2) is 4.68 Å². The van der Waals surface area contributed by atoms with Crippen LogP contribution in [0.3, 0.4) is 0 Å². The Labute approximate surface area is 126 Å². The molecule has 1 aliphatic heterocycles. The van der Waals surface area contributed by atoms with Crippen molar-refractivity contribution in [1.82, 2.24) is 9.78 Å². The molecular weight excluding hydrogens is 280 g/mol. The van der Waals surface area contributed by atoms with Gasteiger partial charge in [0, 0.05) is 23.1 Å². The molecule has 0 unspecified atom stereocenters. The lowest BCUT2D eigenvalue weighted by molar-refractivity contribution is 0.882. The van der Waals surface area contributed by atoms with Gasteiger partial charge in [0.1, 0.15) is 5.82 Å². The largest absolute Gasteiger partial charge is 0.369 e. The molecule has 0 spiro atoms. The van der Waals surface area contributed by atoms with Gasteiger partial charge in [-0.1, -0.05) is 0 Å². The number of nitriles is 1. The van der Waals surface area contributed by atoms with Crippen molar-refractivity contribution in [3.05, 3.63) is 52.2 Å². The Bertz CT molecular complexity index is 823. The van der Waals surface area contributed by atoms with Gasteiger partial charge >= 0.3 is 0 Å². The fourth-order valence-electron chi connectivity index (χ4n) is 2.67. The monoisotopic (exact) mass is 292 g/mol. The molecular formula is C16H12N4S. The number of hydrogen-bond donors (Lipinski definition) is 1. The maximum absolute atomic E-state index is 8.90. The normalized spacial score (nSPS) is 12.7. The van der Waals surface area contributed by atoms with Crippen LogP contribution in [0, 0.1) is 11.3 Å². The summed E-state index contributed by atoms with van der Waals surface area (Å²) in [6.07, 6.45) is 0.997. The zero-order valence-corrected chi connectivity index (χ0v) is 12.0. The second-order valence-corrected chi connectivity index (χ2v) is 5.72. The third kappa shape index (κ3) is 1.92. The number of hydrogen-bond acceptors (Lipinski definition) is 4. The Morgan fingerprint density at radius 2 is 2.10 bits per heavy atom. The fraction of sp³-hybridized carbons (Fsp3) is 0.125. The van der Waals surface area contributed by atoms with Crippen LogP contribution in [0.2, 0.25) is 0 Å². The molecule has 0 bridgehead atoms. The zero-order valence-electron chi connectivity index (χ0n) is 11.2. The van der Waals surface area contributed by atoms with Crippen molar-refractivity contribution in [2.75, 3.05) is 11.9 Å². The topological polar surface area (TPSA) is 53.6 Å². The first-order valence-corrected chi connectivity index (χ1v) is 7.70. The minimum atomic E-state index is 0.661. The van der Waals surface area contributed by atoms with Crippen LogP contribution in [0.4, 0.5) is 5.82 Å². The molecule has 4 rings (SSSR count). The van der Waals surface area contributed by atoms with Crippen LogP contribution >= 0.6 is 11.3 Å². The highest BCUT2D eigenvalue weighted by Gasteiger charge is 2.23. The Morgan fingerprint density at radius 1 is 1.24 bits per heavy atom. The van der Waals surface area contributed by atoms with Gasteiger partial charge in [0.15, 0.2) is 0 Å². The first kappa shape index (κ1) is 12.2. The van der Waals surface area contributed by atoms with E-state index in [-0.39, 0.29) is 0 Å². The molecule has 0 aliphatic carbocycles. The molecule has 102 valence electrons. The van der Waals surface area contributed by atoms with Crippen LogP contribution in [-0.2, 0) is 6.42 Å². The Kier molecular flexibility index (Phi) is 2.76. The van der Waals surface area contributed by atoms with Gasteiger partial charge in [0.05, 0.1) is 23.0 Å². The van der Waals surface area contributed by atoms with Gasteiger partial charge in [-0.05, 0) is 42.1 Å². The molecule has 1 aliphatic rings. The van der Waals surface area contributed by atoms with Gasteiger partial charge in [0.2, 0.25) is 0 Å². The maximum atomic E-state index is 8.90. The van der Waals surface area contributed by atoms with Crippen molar-refractivity contribution in [3.63, 3.8) is 0 Å². The van der Waals surface area contributed by atoms with E-state index in [1.807, 2.05) is 28.9 Å². The van der Waals surface area contributed by atoms with E-state index in [0.717, 1.165) is 30.2 Å². The first-order valence-electron chi connectivity index (χ1n) is 6.75. The molecule has 0 fully saturated rings. The summed E-state index contributed by atoms with van der Waals surface area (Å²) in [7, 11) is 0. The van der Waals surface area contributed by atoms with Crippen molar-refractivity contribution in [1.29, 1.82) is 5.26 Å². The lowest BCUT2D eigenvalue weighted by Gasteiger charge is -2.06. The molecule has 2 aromatic heterocycles. The predicted molar refractivity (Wildman–Crippen MR) is 83.8 cm³/mol. The summed E-state index contributed by atoms with van der Waals surface area (Å²) in [5.41, 5.74) is 5.14. The van der Waals surface area contributed by atoms with Crippen molar-refractivity contribution >= 4 is 17.2 Å². The summed E-state index contributed by atoms with van der Waals surface area (Å²) in [6, 6.07) is 11.8. The minimum Gasteiger partial charge on any atom is -0.369 e. The summed E-state index contributed by atoms with van der Waals surface area (Å²) in [5.74, 6) is 1.07. The van der Waals surface area contributed by atoms with Crippen LogP contribution in [0.25, 0.3) is 16.9 Å². The summed E-state index contributed by atoms with van der Waals surface area (Å²) < 4.78 is 1.94. The maximum Gasteiger partial charge on any atom is 0.133 e. The Morgan fingerprint density at radius 3 is 2.81 bits per heavy atom. The number of rotatable bonds is 2. The van der Waals surface area contributed by atoms with E-state index >= 15 is 0 Å². The van der Waals surface area contributed by atoms with Gasteiger partial charge in [-0.2, -0.15) is 21.7 Å². The van der Waals surface area contributed by atoms with E-state index in [1.165, 1.54) is 11.1 Å². The molecule has 3 aromatic rings. The number of thiophene rings is 1. The zero-order chi connectivity index (χ0) is 14.2. The summed E-state index contributed by atoms with van der Waals surface area (Å²) in [6.45, 7) is 0.945. The van der Waals surface area contributed by atoms with E-state index in [1.54, 1.807) is 11.3 Å². The lowest BCUT2D eigenvalue weighted by atomic mass is 10.1. The van der Waals surface area contributed by atoms with E-state index in [9.17, 15) is 0 Å². The second-order valence-electron chi connectivity index (χ2n) is 4.94. The number of nitrogens with zero attached hydrogens (tertiary/aromatic N) is 3. The van der Waals surface area contributed by atoms with Gasteiger partial charge in [-0.15, -0.1) is 0 Å². The van der Waals surface area contributed by atoms with Crippen LogP contribution in [0.5, 0.6) is 0 Å². The molecule has 4 nitrogen and oxygen atoms in total. The molecule has 3 heterocycles.